The average molecular weight is 430 g/mol. The van der Waals surface area contributed by atoms with Gasteiger partial charge in [-0.1, -0.05) is 24.3 Å². The normalized spacial score (nSPS) is 23.8. The van der Waals surface area contributed by atoms with E-state index < -0.39 is 0 Å². The van der Waals surface area contributed by atoms with Gasteiger partial charge in [-0.15, -0.1) is 0 Å². The molecule has 2 aliphatic heterocycles. The Morgan fingerprint density at radius 3 is 2.81 bits per heavy atom. The van der Waals surface area contributed by atoms with Crippen molar-refractivity contribution in [1.82, 2.24) is 19.7 Å². The number of carbonyl (C=O) groups is 1. The van der Waals surface area contributed by atoms with E-state index in [1.807, 2.05) is 36.2 Å². The number of aromatic nitrogens is 3. The Balaban J connectivity index is 1.36. The van der Waals surface area contributed by atoms with Crippen LogP contribution in [0.25, 0.3) is 10.9 Å². The van der Waals surface area contributed by atoms with Gasteiger partial charge in [0, 0.05) is 42.3 Å². The largest absolute Gasteiger partial charge is 0.296 e. The van der Waals surface area contributed by atoms with Crippen molar-refractivity contribution in [3.05, 3.63) is 66.0 Å². The van der Waals surface area contributed by atoms with Crippen molar-refractivity contribution >= 4 is 22.6 Å². The number of pyridine rings is 1. The molecular weight excluding hydrogens is 398 g/mol. The van der Waals surface area contributed by atoms with E-state index in [0.717, 1.165) is 37.4 Å². The van der Waals surface area contributed by atoms with Crippen LogP contribution in [0.1, 0.15) is 50.9 Å². The SMILES string of the molecule is Cc1cccc(N2C(=O)C=C[C@]23CCN(Cc2ccc4cnn(C(C)C)c4c2)[C@@H](C)C3)n1. The van der Waals surface area contributed by atoms with Gasteiger partial charge in [0.2, 0.25) is 0 Å². The van der Waals surface area contributed by atoms with Gasteiger partial charge in [-0.25, -0.2) is 4.98 Å². The van der Waals surface area contributed by atoms with Crippen LogP contribution < -0.4 is 4.90 Å². The zero-order valence-corrected chi connectivity index (χ0v) is 19.3. The van der Waals surface area contributed by atoms with Gasteiger partial charge in [0.15, 0.2) is 0 Å². The number of amides is 1. The summed E-state index contributed by atoms with van der Waals surface area (Å²) in [4.78, 5) is 21.9. The lowest BCUT2D eigenvalue weighted by atomic mass is 9.83. The molecule has 3 aromatic rings. The molecule has 1 amide bonds. The summed E-state index contributed by atoms with van der Waals surface area (Å²) in [6, 6.07) is 13.3. The summed E-state index contributed by atoms with van der Waals surface area (Å²) in [5.74, 6) is 0.796. The van der Waals surface area contributed by atoms with E-state index >= 15 is 0 Å². The van der Waals surface area contributed by atoms with E-state index in [2.05, 4.69) is 64.7 Å². The Hall–Kier alpha value is -2.99. The lowest BCUT2D eigenvalue weighted by molar-refractivity contribution is -0.114. The number of aryl methyl sites for hydroxylation is 1. The van der Waals surface area contributed by atoms with Gasteiger partial charge in [0.1, 0.15) is 5.82 Å². The number of hydrogen-bond acceptors (Lipinski definition) is 4. The second kappa shape index (κ2) is 7.85. The molecular formula is C26H31N5O. The van der Waals surface area contributed by atoms with Gasteiger partial charge in [-0.2, -0.15) is 5.10 Å². The summed E-state index contributed by atoms with van der Waals surface area (Å²) in [6.45, 7) is 10.4. The fourth-order valence-corrected chi connectivity index (χ4v) is 5.31. The van der Waals surface area contributed by atoms with Crippen LogP contribution in [0.2, 0.25) is 0 Å². The number of anilines is 1. The molecule has 2 aliphatic rings. The number of hydrogen-bond donors (Lipinski definition) is 0. The maximum Gasteiger partial charge on any atom is 0.252 e. The number of piperidine rings is 1. The highest BCUT2D eigenvalue weighted by Crippen LogP contribution is 2.40. The third-order valence-electron chi connectivity index (χ3n) is 6.95. The average Bonchev–Trinajstić information content (AvgIpc) is 3.31. The Kier molecular flexibility index (Phi) is 5.13. The monoisotopic (exact) mass is 429 g/mol. The van der Waals surface area contributed by atoms with Crippen LogP contribution >= 0.6 is 0 Å². The van der Waals surface area contributed by atoms with E-state index in [4.69, 9.17) is 0 Å². The first kappa shape index (κ1) is 20.9. The zero-order chi connectivity index (χ0) is 22.5. The molecule has 0 bridgehead atoms. The van der Waals surface area contributed by atoms with Crippen LogP contribution in [0.5, 0.6) is 0 Å². The predicted molar refractivity (Wildman–Crippen MR) is 128 cm³/mol. The van der Waals surface area contributed by atoms with Gasteiger partial charge in [-0.3, -0.25) is 19.3 Å². The van der Waals surface area contributed by atoms with Crippen molar-refractivity contribution in [1.29, 1.82) is 0 Å². The van der Waals surface area contributed by atoms with Gasteiger partial charge >= 0.3 is 0 Å². The fourth-order valence-electron chi connectivity index (χ4n) is 5.31. The zero-order valence-electron chi connectivity index (χ0n) is 19.3. The molecule has 6 heteroatoms. The lowest BCUT2D eigenvalue weighted by Crippen LogP contribution is -2.56. The minimum Gasteiger partial charge on any atom is -0.296 e. The van der Waals surface area contributed by atoms with Gasteiger partial charge in [0.05, 0.1) is 17.3 Å². The molecule has 2 aromatic heterocycles. The summed E-state index contributed by atoms with van der Waals surface area (Å²) in [7, 11) is 0. The summed E-state index contributed by atoms with van der Waals surface area (Å²) in [5.41, 5.74) is 3.14. The summed E-state index contributed by atoms with van der Waals surface area (Å²) in [5, 5.41) is 5.73. The molecule has 1 fully saturated rings. The van der Waals surface area contributed by atoms with Crippen molar-refractivity contribution < 1.29 is 4.79 Å². The van der Waals surface area contributed by atoms with E-state index in [1.165, 1.54) is 16.5 Å². The third kappa shape index (κ3) is 3.52. The quantitative estimate of drug-likeness (QED) is 0.606. The molecule has 6 nitrogen and oxygen atoms in total. The maximum atomic E-state index is 12.8. The van der Waals surface area contributed by atoms with Crippen LogP contribution in [-0.4, -0.2) is 43.7 Å². The van der Waals surface area contributed by atoms with Gasteiger partial charge in [-0.05, 0) is 64.3 Å². The number of carbonyl (C=O) groups excluding carboxylic acids is 1. The summed E-state index contributed by atoms with van der Waals surface area (Å²) >= 11 is 0. The van der Waals surface area contributed by atoms with Crippen LogP contribution in [0.4, 0.5) is 5.82 Å². The first-order chi connectivity index (χ1) is 15.4. The highest BCUT2D eigenvalue weighted by Gasteiger charge is 2.46. The molecule has 32 heavy (non-hydrogen) atoms. The van der Waals surface area contributed by atoms with Crippen LogP contribution in [-0.2, 0) is 11.3 Å². The van der Waals surface area contributed by atoms with E-state index in [-0.39, 0.29) is 11.4 Å². The number of nitrogens with zero attached hydrogens (tertiary/aromatic N) is 5. The molecule has 0 N–H and O–H groups in total. The smallest absolute Gasteiger partial charge is 0.252 e. The molecule has 166 valence electrons. The number of rotatable bonds is 4. The van der Waals surface area contributed by atoms with Crippen LogP contribution in [0.15, 0.2) is 54.7 Å². The van der Waals surface area contributed by atoms with Gasteiger partial charge < -0.3 is 0 Å². The highest BCUT2D eigenvalue weighted by molar-refractivity contribution is 6.05. The van der Waals surface area contributed by atoms with Gasteiger partial charge in [0.25, 0.3) is 5.91 Å². The van der Waals surface area contributed by atoms with Crippen molar-refractivity contribution in [2.45, 2.75) is 64.7 Å². The fraction of sp³-hybridized carbons (Fsp3) is 0.423. The van der Waals surface area contributed by atoms with Crippen molar-refractivity contribution in [3.63, 3.8) is 0 Å². The second-order valence-electron chi connectivity index (χ2n) is 9.60. The number of benzene rings is 1. The molecule has 5 rings (SSSR count). The number of likely N-dealkylation sites (tertiary alicyclic amines) is 1. The minimum atomic E-state index is -0.284. The van der Waals surface area contributed by atoms with E-state index in [1.54, 1.807) is 6.08 Å². The van der Waals surface area contributed by atoms with Crippen LogP contribution in [0, 0.1) is 6.92 Å². The number of fused-ring (bicyclic) bond motifs is 1. The Morgan fingerprint density at radius 1 is 1.22 bits per heavy atom. The van der Waals surface area contributed by atoms with Crippen molar-refractivity contribution in [3.8, 4) is 0 Å². The molecule has 0 radical (unpaired) electrons. The Morgan fingerprint density at radius 2 is 2.06 bits per heavy atom. The molecule has 4 heterocycles. The third-order valence-corrected chi connectivity index (χ3v) is 6.95. The summed E-state index contributed by atoms with van der Waals surface area (Å²) in [6.07, 6.45) is 7.59. The Bertz CT molecular complexity index is 1200. The molecule has 0 unspecified atom stereocenters. The standard InChI is InChI=1S/C26H31N5O/c1-18(2)31-23-14-21(8-9-22(23)16-27-31)17-29-13-12-26(15-20(29)4)11-10-25(32)30(26)24-7-5-6-19(3)28-24/h5-11,14,16,18,20H,12-13,15,17H2,1-4H3/t20-,26+/m0/s1. The molecule has 1 saturated heterocycles. The minimum absolute atomic E-state index is 0.0381. The first-order valence-electron chi connectivity index (χ1n) is 11.5. The molecule has 1 spiro atoms. The summed E-state index contributed by atoms with van der Waals surface area (Å²) < 4.78 is 2.09. The lowest BCUT2D eigenvalue weighted by Gasteiger charge is -2.47. The van der Waals surface area contributed by atoms with Crippen molar-refractivity contribution in [2.75, 3.05) is 11.4 Å². The maximum absolute atomic E-state index is 12.8. The molecule has 1 aromatic carbocycles. The topological polar surface area (TPSA) is 54.3 Å². The molecule has 2 atom stereocenters. The first-order valence-corrected chi connectivity index (χ1v) is 11.5. The predicted octanol–water partition coefficient (Wildman–Crippen LogP) is 4.65. The van der Waals surface area contributed by atoms with E-state index in [9.17, 15) is 4.79 Å². The van der Waals surface area contributed by atoms with Crippen molar-refractivity contribution in [2.24, 2.45) is 0 Å². The highest BCUT2D eigenvalue weighted by atomic mass is 16.2. The van der Waals surface area contributed by atoms with Crippen LogP contribution in [0.3, 0.4) is 0 Å². The molecule has 0 saturated carbocycles. The Labute approximate surface area is 189 Å². The second-order valence-corrected chi connectivity index (χ2v) is 9.60. The molecule has 0 aliphatic carbocycles. The van der Waals surface area contributed by atoms with E-state index in [0.29, 0.717) is 12.1 Å².